The fraction of sp³-hybridized carbons (Fsp3) is 0.238. The molecule has 0 spiro atoms. The van der Waals surface area contributed by atoms with Crippen molar-refractivity contribution in [3.8, 4) is 0 Å². The third-order valence-corrected chi connectivity index (χ3v) is 5.18. The molecular weight excluding hydrogens is 390 g/mol. The van der Waals surface area contributed by atoms with Crippen molar-refractivity contribution < 1.29 is 24.1 Å². The van der Waals surface area contributed by atoms with Crippen LogP contribution in [-0.2, 0) is 9.59 Å². The summed E-state index contributed by atoms with van der Waals surface area (Å²) in [6.07, 6.45) is -0.233. The van der Waals surface area contributed by atoms with Gasteiger partial charge in [-0.2, -0.15) is 0 Å². The highest BCUT2D eigenvalue weighted by Gasteiger charge is 2.47. The zero-order chi connectivity index (χ0) is 22.0. The van der Waals surface area contributed by atoms with E-state index in [0.29, 0.717) is 11.1 Å². The molecule has 1 unspecified atom stereocenters. The van der Waals surface area contributed by atoms with Crippen LogP contribution in [0.3, 0.4) is 0 Å². The highest BCUT2D eigenvalue weighted by Crippen LogP contribution is 2.35. The number of nitro benzene ring substituents is 1. The highest BCUT2D eigenvalue weighted by atomic mass is 16.6. The smallest absolute Gasteiger partial charge is 0.294 e. The van der Waals surface area contributed by atoms with Gasteiger partial charge in [0.25, 0.3) is 5.69 Å². The van der Waals surface area contributed by atoms with Gasteiger partial charge in [0, 0.05) is 44.1 Å². The lowest BCUT2D eigenvalue weighted by molar-refractivity contribution is -0.384. The predicted molar refractivity (Wildman–Crippen MR) is 106 cm³/mol. The van der Waals surface area contributed by atoms with Crippen molar-refractivity contribution in [3.63, 3.8) is 0 Å². The van der Waals surface area contributed by atoms with Crippen LogP contribution >= 0.6 is 0 Å². The fourth-order valence-corrected chi connectivity index (χ4v) is 3.52. The number of ketones is 1. The average molecular weight is 409 g/mol. The zero-order valence-electron chi connectivity index (χ0n) is 16.3. The number of hydrogen-bond acceptors (Lipinski definition) is 6. The van der Waals surface area contributed by atoms with E-state index in [1.165, 1.54) is 38.4 Å². The molecule has 1 atom stereocenters. The van der Waals surface area contributed by atoms with Gasteiger partial charge in [0.05, 0.1) is 4.92 Å². The molecule has 0 bridgehead atoms. The minimum atomic E-state index is -1.35. The van der Waals surface area contributed by atoms with Crippen LogP contribution in [0.25, 0.3) is 0 Å². The third kappa shape index (κ3) is 3.82. The minimum Gasteiger partial charge on any atom is -0.294 e. The normalized spacial score (nSPS) is 16.0. The van der Waals surface area contributed by atoms with E-state index in [0.717, 1.165) is 9.80 Å². The standard InChI is InChI=1S/C21H19N3O6/c1-22-19(26)18(20(27)23(2)21(22)28)16(12-17(25)13-7-4-3-5-8-13)14-9-6-10-15(11-14)24(29)30/h3-11,16,18H,12H2,1-2H3. The molecule has 0 N–H and O–H groups in total. The maximum absolute atomic E-state index is 12.9. The van der Waals surface area contributed by atoms with Crippen LogP contribution in [0.1, 0.15) is 28.3 Å². The van der Waals surface area contributed by atoms with Crippen molar-refractivity contribution >= 4 is 29.3 Å². The Morgan fingerprint density at radius 3 is 2.17 bits per heavy atom. The summed E-state index contributed by atoms with van der Waals surface area (Å²) in [6, 6.07) is 13.1. The van der Waals surface area contributed by atoms with Crippen molar-refractivity contribution in [2.24, 2.45) is 5.92 Å². The lowest BCUT2D eigenvalue weighted by Gasteiger charge is -2.36. The number of barbiturate groups is 1. The molecule has 0 aromatic heterocycles. The first kappa shape index (κ1) is 20.8. The van der Waals surface area contributed by atoms with E-state index in [2.05, 4.69) is 0 Å². The van der Waals surface area contributed by atoms with Crippen LogP contribution in [0.5, 0.6) is 0 Å². The van der Waals surface area contributed by atoms with E-state index in [4.69, 9.17) is 0 Å². The summed E-state index contributed by atoms with van der Waals surface area (Å²) >= 11 is 0. The first-order valence-corrected chi connectivity index (χ1v) is 9.14. The van der Waals surface area contributed by atoms with E-state index in [-0.39, 0.29) is 17.9 Å². The molecule has 2 aromatic carbocycles. The number of rotatable bonds is 6. The second-order valence-corrected chi connectivity index (χ2v) is 7.01. The Labute approximate surface area is 172 Å². The first-order valence-electron chi connectivity index (χ1n) is 9.14. The average Bonchev–Trinajstić information content (AvgIpc) is 2.76. The SMILES string of the molecule is CN1C(=O)C(C(CC(=O)c2ccccc2)c2cccc([N+](=O)[O-])c2)C(=O)N(C)C1=O. The Morgan fingerprint density at radius 1 is 1.00 bits per heavy atom. The number of imide groups is 2. The third-order valence-electron chi connectivity index (χ3n) is 5.18. The molecule has 0 aliphatic carbocycles. The molecule has 154 valence electrons. The summed E-state index contributed by atoms with van der Waals surface area (Å²) in [5.41, 5.74) is 0.468. The molecule has 0 radical (unpaired) electrons. The largest absolute Gasteiger partial charge is 0.332 e. The molecule has 4 amide bonds. The molecule has 3 rings (SSSR count). The number of carbonyl (C=O) groups is 4. The maximum atomic E-state index is 12.9. The Morgan fingerprint density at radius 2 is 1.60 bits per heavy atom. The molecule has 1 fully saturated rings. The van der Waals surface area contributed by atoms with Gasteiger partial charge >= 0.3 is 6.03 Å². The van der Waals surface area contributed by atoms with Crippen molar-refractivity contribution in [1.82, 2.24) is 9.80 Å². The van der Waals surface area contributed by atoms with Crippen molar-refractivity contribution in [2.75, 3.05) is 14.1 Å². The lowest BCUT2D eigenvalue weighted by Crippen LogP contribution is -2.58. The molecule has 1 saturated heterocycles. The van der Waals surface area contributed by atoms with Gasteiger partial charge in [0.2, 0.25) is 11.8 Å². The molecular formula is C21H19N3O6. The Bertz CT molecular complexity index is 1010. The number of urea groups is 1. The molecule has 1 heterocycles. The van der Waals surface area contributed by atoms with E-state index in [1.54, 1.807) is 30.3 Å². The second-order valence-electron chi connectivity index (χ2n) is 7.01. The van der Waals surface area contributed by atoms with Crippen LogP contribution in [0.4, 0.5) is 10.5 Å². The molecule has 9 nitrogen and oxygen atoms in total. The van der Waals surface area contributed by atoms with Gasteiger partial charge in [-0.15, -0.1) is 0 Å². The summed E-state index contributed by atoms with van der Waals surface area (Å²) in [6.45, 7) is 0. The number of carbonyl (C=O) groups excluding carboxylic acids is 4. The highest BCUT2D eigenvalue weighted by molar-refractivity contribution is 6.16. The van der Waals surface area contributed by atoms with Crippen LogP contribution in [-0.4, -0.2) is 52.4 Å². The summed E-state index contributed by atoms with van der Waals surface area (Å²) < 4.78 is 0. The molecule has 9 heteroatoms. The van der Waals surface area contributed by atoms with Crippen molar-refractivity contribution in [2.45, 2.75) is 12.3 Å². The molecule has 1 aliphatic rings. The van der Waals surface area contributed by atoms with Gasteiger partial charge < -0.3 is 0 Å². The van der Waals surface area contributed by atoms with Crippen LogP contribution in [0.15, 0.2) is 54.6 Å². The summed E-state index contributed by atoms with van der Waals surface area (Å²) in [4.78, 5) is 63.0. The van der Waals surface area contributed by atoms with Crippen LogP contribution in [0.2, 0.25) is 0 Å². The molecule has 30 heavy (non-hydrogen) atoms. The quantitative estimate of drug-likeness (QED) is 0.313. The summed E-state index contributed by atoms with van der Waals surface area (Å²) in [7, 11) is 2.51. The minimum absolute atomic E-state index is 0.224. The zero-order valence-corrected chi connectivity index (χ0v) is 16.3. The number of non-ortho nitro benzene ring substituents is 1. The van der Waals surface area contributed by atoms with E-state index in [9.17, 15) is 29.3 Å². The number of nitro groups is 1. The van der Waals surface area contributed by atoms with Gasteiger partial charge in [0.15, 0.2) is 5.78 Å². The predicted octanol–water partition coefficient (Wildman–Crippen LogP) is 2.62. The maximum Gasteiger partial charge on any atom is 0.332 e. The number of nitrogens with zero attached hydrogens (tertiary/aromatic N) is 3. The number of hydrogen-bond donors (Lipinski definition) is 0. The van der Waals surface area contributed by atoms with Crippen LogP contribution < -0.4 is 0 Å². The lowest BCUT2D eigenvalue weighted by atomic mass is 9.79. The van der Waals surface area contributed by atoms with Gasteiger partial charge in [-0.3, -0.25) is 34.3 Å². The van der Waals surface area contributed by atoms with Gasteiger partial charge in [-0.05, 0) is 5.56 Å². The van der Waals surface area contributed by atoms with Gasteiger partial charge in [-0.25, -0.2) is 4.79 Å². The molecule has 2 aromatic rings. The van der Waals surface area contributed by atoms with E-state index in [1.807, 2.05) is 0 Å². The summed E-state index contributed by atoms with van der Waals surface area (Å²) in [5.74, 6) is -4.15. The van der Waals surface area contributed by atoms with Crippen LogP contribution in [0, 0.1) is 16.0 Å². The monoisotopic (exact) mass is 409 g/mol. The Kier molecular flexibility index (Phi) is 5.72. The Hall–Kier alpha value is -3.88. The topological polar surface area (TPSA) is 118 Å². The number of benzene rings is 2. The van der Waals surface area contributed by atoms with Gasteiger partial charge in [0.1, 0.15) is 5.92 Å². The van der Waals surface area contributed by atoms with Gasteiger partial charge in [-0.1, -0.05) is 42.5 Å². The Balaban J connectivity index is 2.07. The second kappa shape index (κ2) is 8.24. The number of Topliss-reactive ketones (excluding diaryl/α,β-unsaturated/α-hetero) is 1. The van der Waals surface area contributed by atoms with Crippen molar-refractivity contribution in [1.29, 1.82) is 0 Å². The summed E-state index contributed by atoms with van der Waals surface area (Å²) in [5, 5.41) is 11.2. The first-order chi connectivity index (χ1) is 14.2. The van der Waals surface area contributed by atoms with E-state index >= 15 is 0 Å². The van der Waals surface area contributed by atoms with E-state index < -0.39 is 34.6 Å². The van der Waals surface area contributed by atoms with Crippen molar-refractivity contribution in [3.05, 3.63) is 75.8 Å². The molecule has 0 saturated carbocycles. The molecule has 1 aliphatic heterocycles. The number of amides is 4. The fourth-order valence-electron chi connectivity index (χ4n) is 3.52.